The minimum absolute atomic E-state index is 0.914. The Kier molecular flexibility index (Phi) is 3.31. The second-order valence-electron chi connectivity index (χ2n) is 3.32. The molecule has 0 spiro atoms. The summed E-state index contributed by atoms with van der Waals surface area (Å²) in [6.07, 6.45) is 0. The standard InChI is InChI=1S/C6H5N3.C4HBrN2S2/c1-2-4-6-5(3-1)7-9-8-6;5-3-1-2-4(8-3)6-7-9-2/h1-4H,(H,7,8,9);1H. The molecule has 4 rings (SSSR count). The average molecular weight is 340 g/mol. The summed E-state index contributed by atoms with van der Waals surface area (Å²) < 4.78 is 6.07. The quantitative estimate of drug-likeness (QED) is 0.532. The Morgan fingerprint density at radius 1 is 1.17 bits per heavy atom. The van der Waals surface area contributed by atoms with E-state index in [-0.39, 0.29) is 0 Å². The molecule has 3 heterocycles. The number of nitrogens with one attached hydrogen (secondary N) is 1. The van der Waals surface area contributed by atoms with E-state index in [1.54, 1.807) is 11.3 Å². The maximum Gasteiger partial charge on any atom is 0.159 e. The van der Waals surface area contributed by atoms with Crippen molar-refractivity contribution in [3.05, 3.63) is 34.1 Å². The van der Waals surface area contributed by atoms with E-state index >= 15 is 0 Å². The van der Waals surface area contributed by atoms with Gasteiger partial charge in [-0.25, -0.2) is 0 Å². The molecule has 0 aliphatic carbocycles. The molecule has 18 heavy (non-hydrogen) atoms. The number of halogens is 1. The average Bonchev–Trinajstić information content (AvgIpc) is 3.03. The monoisotopic (exact) mass is 339 g/mol. The zero-order valence-electron chi connectivity index (χ0n) is 8.87. The highest BCUT2D eigenvalue weighted by molar-refractivity contribution is 9.11. The van der Waals surface area contributed by atoms with Crippen LogP contribution < -0.4 is 0 Å². The number of para-hydroxylation sites is 1. The van der Waals surface area contributed by atoms with Crippen molar-refractivity contribution < 1.29 is 0 Å². The van der Waals surface area contributed by atoms with Crippen molar-refractivity contribution in [1.29, 1.82) is 0 Å². The lowest BCUT2D eigenvalue weighted by molar-refractivity contribution is 0.959. The van der Waals surface area contributed by atoms with Crippen molar-refractivity contribution in [1.82, 2.24) is 25.0 Å². The molecule has 0 saturated carbocycles. The first-order valence-corrected chi connectivity index (χ1v) is 7.34. The number of hydrogen-bond acceptors (Lipinski definition) is 6. The normalized spacial score (nSPS) is 10.5. The predicted molar refractivity (Wildman–Crippen MR) is 76.9 cm³/mol. The molecule has 90 valence electrons. The van der Waals surface area contributed by atoms with E-state index in [4.69, 9.17) is 0 Å². The molecule has 0 atom stereocenters. The Morgan fingerprint density at radius 3 is 2.89 bits per heavy atom. The maximum atomic E-state index is 3.90. The second kappa shape index (κ2) is 5.09. The number of fused-ring (bicyclic) bond motifs is 2. The number of rotatable bonds is 0. The minimum atomic E-state index is 0.914. The first kappa shape index (κ1) is 11.7. The molecular formula is C10H6BrN5S2. The number of nitrogens with zero attached hydrogens (tertiary/aromatic N) is 4. The van der Waals surface area contributed by atoms with Crippen LogP contribution in [0.4, 0.5) is 0 Å². The molecule has 0 bridgehead atoms. The summed E-state index contributed by atoms with van der Waals surface area (Å²) in [5, 5.41) is 14.1. The van der Waals surface area contributed by atoms with Gasteiger partial charge in [0.1, 0.15) is 5.52 Å². The lowest BCUT2D eigenvalue weighted by Crippen LogP contribution is -1.63. The Bertz CT molecular complexity index is 716. The molecule has 1 N–H and O–H groups in total. The van der Waals surface area contributed by atoms with E-state index in [1.165, 1.54) is 11.5 Å². The van der Waals surface area contributed by atoms with Crippen molar-refractivity contribution in [2.45, 2.75) is 0 Å². The van der Waals surface area contributed by atoms with Gasteiger partial charge in [-0.15, -0.1) is 21.5 Å². The van der Waals surface area contributed by atoms with Crippen molar-refractivity contribution in [2.24, 2.45) is 0 Å². The molecule has 4 aromatic rings. The van der Waals surface area contributed by atoms with E-state index in [1.807, 2.05) is 30.3 Å². The first-order valence-electron chi connectivity index (χ1n) is 4.96. The van der Waals surface area contributed by atoms with E-state index in [0.717, 1.165) is 24.4 Å². The Morgan fingerprint density at radius 2 is 2.06 bits per heavy atom. The van der Waals surface area contributed by atoms with Gasteiger partial charge in [-0.1, -0.05) is 21.8 Å². The first-order chi connectivity index (χ1) is 8.83. The van der Waals surface area contributed by atoms with Crippen LogP contribution in [-0.4, -0.2) is 25.0 Å². The zero-order chi connectivity index (χ0) is 12.4. The van der Waals surface area contributed by atoms with Gasteiger partial charge in [0.05, 0.1) is 14.0 Å². The number of aromatic nitrogens is 5. The number of hydrogen-bond donors (Lipinski definition) is 1. The summed E-state index contributed by atoms with van der Waals surface area (Å²) in [5.74, 6) is 0. The summed E-state index contributed by atoms with van der Waals surface area (Å²) in [4.78, 5) is 1.02. The van der Waals surface area contributed by atoms with E-state index < -0.39 is 0 Å². The van der Waals surface area contributed by atoms with Gasteiger partial charge in [0.15, 0.2) is 4.83 Å². The molecule has 0 fully saturated rings. The van der Waals surface area contributed by atoms with Crippen molar-refractivity contribution in [2.75, 3.05) is 0 Å². The highest BCUT2D eigenvalue weighted by Crippen LogP contribution is 2.29. The van der Waals surface area contributed by atoms with Gasteiger partial charge in [-0.2, -0.15) is 0 Å². The molecule has 5 nitrogen and oxygen atoms in total. The fourth-order valence-corrected chi connectivity index (χ4v) is 3.67. The highest BCUT2D eigenvalue weighted by Gasteiger charge is 2.00. The zero-order valence-corrected chi connectivity index (χ0v) is 12.1. The number of H-pyrrole nitrogens is 1. The third kappa shape index (κ3) is 2.40. The Hall–Kier alpha value is -1.38. The molecule has 0 amide bonds. The topological polar surface area (TPSA) is 67.3 Å². The van der Waals surface area contributed by atoms with Gasteiger partial charge >= 0.3 is 0 Å². The van der Waals surface area contributed by atoms with E-state index in [2.05, 4.69) is 40.9 Å². The summed E-state index contributed by atoms with van der Waals surface area (Å²) in [6.45, 7) is 0. The fourth-order valence-electron chi connectivity index (χ4n) is 1.36. The van der Waals surface area contributed by atoms with Crippen LogP contribution in [0.2, 0.25) is 0 Å². The number of thiophene rings is 1. The van der Waals surface area contributed by atoms with Gasteiger partial charge in [-0.05, 0) is 45.7 Å². The lowest BCUT2D eigenvalue weighted by Gasteiger charge is -1.79. The predicted octanol–water partition coefficient (Wildman–Crippen LogP) is 3.47. The smallest absolute Gasteiger partial charge is 0.159 e. The van der Waals surface area contributed by atoms with Gasteiger partial charge in [0.25, 0.3) is 0 Å². The molecule has 0 saturated heterocycles. The van der Waals surface area contributed by atoms with Crippen LogP contribution in [0.1, 0.15) is 0 Å². The lowest BCUT2D eigenvalue weighted by atomic mass is 10.3. The van der Waals surface area contributed by atoms with Crippen LogP contribution in [0.25, 0.3) is 20.6 Å². The molecule has 0 aliphatic rings. The van der Waals surface area contributed by atoms with Gasteiger partial charge in [0, 0.05) is 0 Å². The summed E-state index contributed by atoms with van der Waals surface area (Å²) in [6, 6.07) is 9.77. The van der Waals surface area contributed by atoms with Gasteiger partial charge in [-0.3, -0.25) is 5.10 Å². The molecule has 0 radical (unpaired) electrons. The highest BCUT2D eigenvalue weighted by atomic mass is 79.9. The SMILES string of the molecule is Brc1cc2snnc2s1.c1ccc2[nH]nnc2c1. The maximum absolute atomic E-state index is 3.90. The molecular weight excluding hydrogens is 334 g/mol. The van der Waals surface area contributed by atoms with Crippen LogP contribution in [-0.2, 0) is 0 Å². The van der Waals surface area contributed by atoms with Gasteiger partial charge in [0.2, 0.25) is 0 Å². The van der Waals surface area contributed by atoms with E-state index in [0.29, 0.717) is 0 Å². The number of benzene rings is 1. The van der Waals surface area contributed by atoms with Crippen molar-refractivity contribution >= 4 is 59.4 Å². The minimum Gasteiger partial charge on any atom is -0.258 e. The molecule has 0 unspecified atom stereocenters. The third-order valence-electron chi connectivity index (χ3n) is 2.15. The Balaban J connectivity index is 0.000000111. The number of aromatic amines is 1. The van der Waals surface area contributed by atoms with Crippen LogP contribution in [0, 0.1) is 0 Å². The largest absolute Gasteiger partial charge is 0.258 e. The molecule has 8 heteroatoms. The third-order valence-corrected chi connectivity index (χ3v) is 4.48. The summed E-state index contributed by atoms with van der Waals surface area (Å²) in [5.41, 5.74) is 1.90. The molecule has 0 aliphatic heterocycles. The fraction of sp³-hybridized carbons (Fsp3) is 0. The van der Waals surface area contributed by atoms with Gasteiger partial charge < -0.3 is 0 Å². The van der Waals surface area contributed by atoms with Crippen molar-refractivity contribution in [3.63, 3.8) is 0 Å². The molecule has 3 aromatic heterocycles. The van der Waals surface area contributed by atoms with Crippen LogP contribution >= 0.6 is 38.8 Å². The van der Waals surface area contributed by atoms with Crippen LogP contribution in [0.5, 0.6) is 0 Å². The van der Waals surface area contributed by atoms with Crippen molar-refractivity contribution in [3.8, 4) is 0 Å². The summed E-state index contributed by atoms with van der Waals surface area (Å²) >= 11 is 6.40. The molecule has 1 aromatic carbocycles. The Labute approximate surface area is 118 Å². The van der Waals surface area contributed by atoms with E-state index in [9.17, 15) is 0 Å². The van der Waals surface area contributed by atoms with Crippen LogP contribution in [0.3, 0.4) is 0 Å². The second-order valence-corrected chi connectivity index (χ2v) is 6.52. The summed E-state index contributed by atoms with van der Waals surface area (Å²) in [7, 11) is 0. The van der Waals surface area contributed by atoms with Crippen LogP contribution in [0.15, 0.2) is 34.1 Å².